The van der Waals surface area contributed by atoms with Crippen LogP contribution in [0, 0.1) is 23.0 Å². The topological polar surface area (TPSA) is 94.4 Å². The molecule has 1 aliphatic carbocycles. The number of hydrogen-bond donors (Lipinski definition) is 1. The third-order valence-corrected chi connectivity index (χ3v) is 3.54. The molecule has 0 unspecified atom stereocenters. The molecule has 0 spiro atoms. The second-order valence-corrected chi connectivity index (χ2v) is 5.45. The molecular formula is C16H15N3O4. The van der Waals surface area contributed by atoms with Crippen molar-refractivity contribution in [3.63, 3.8) is 0 Å². The lowest BCUT2D eigenvalue weighted by atomic mass is 10.2. The molecular weight excluding hydrogens is 298 g/mol. The van der Waals surface area contributed by atoms with Crippen molar-refractivity contribution < 1.29 is 14.5 Å². The highest BCUT2D eigenvalue weighted by molar-refractivity contribution is 5.93. The Morgan fingerprint density at radius 2 is 2.04 bits per heavy atom. The first kappa shape index (κ1) is 15.0. The molecule has 0 saturated heterocycles. The van der Waals surface area contributed by atoms with Gasteiger partial charge in [0.05, 0.1) is 11.0 Å². The van der Waals surface area contributed by atoms with E-state index in [0.717, 1.165) is 12.8 Å². The van der Waals surface area contributed by atoms with Crippen LogP contribution in [0.5, 0.6) is 11.5 Å². The lowest BCUT2D eigenvalue weighted by Crippen LogP contribution is -2.14. The van der Waals surface area contributed by atoms with E-state index in [-0.39, 0.29) is 17.5 Å². The molecule has 118 valence electrons. The van der Waals surface area contributed by atoms with Crippen molar-refractivity contribution in [2.75, 3.05) is 5.32 Å². The molecule has 1 aromatic heterocycles. The van der Waals surface area contributed by atoms with Crippen LogP contribution in [0.3, 0.4) is 0 Å². The van der Waals surface area contributed by atoms with E-state index in [1.54, 1.807) is 31.2 Å². The third kappa shape index (κ3) is 3.63. The van der Waals surface area contributed by atoms with E-state index in [1.165, 1.54) is 12.3 Å². The largest absolute Gasteiger partial charge is 0.457 e. The predicted molar refractivity (Wildman–Crippen MR) is 83.5 cm³/mol. The number of aryl methyl sites for hydroxylation is 1. The normalized spacial score (nSPS) is 13.4. The number of ether oxygens (including phenoxy) is 1. The van der Waals surface area contributed by atoms with Crippen LogP contribution in [0.4, 0.5) is 11.5 Å². The number of rotatable bonds is 5. The molecule has 7 heteroatoms. The third-order valence-electron chi connectivity index (χ3n) is 3.54. The SMILES string of the molecule is Cc1ccc(Oc2ccnc(NC(=O)C3CC3)c2)cc1[N+](=O)[O-]. The van der Waals surface area contributed by atoms with Gasteiger partial charge in [-0.2, -0.15) is 0 Å². The maximum Gasteiger partial charge on any atom is 0.276 e. The number of pyridine rings is 1. The molecule has 1 N–H and O–H groups in total. The quantitative estimate of drug-likeness (QED) is 0.674. The van der Waals surface area contributed by atoms with E-state index >= 15 is 0 Å². The van der Waals surface area contributed by atoms with Crippen molar-refractivity contribution in [3.8, 4) is 11.5 Å². The highest BCUT2D eigenvalue weighted by Crippen LogP contribution is 2.31. The first-order valence-electron chi connectivity index (χ1n) is 7.23. The van der Waals surface area contributed by atoms with E-state index in [1.807, 2.05) is 0 Å². The first-order chi connectivity index (χ1) is 11.0. The van der Waals surface area contributed by atoms with Gasteiger partial charge in [-0.25, -0.2) is 4.98 Å². The molecule has 1 aromatic carbocycles. The summed E-state index contributed by atoms with van der Waals surface area (Å²) in [5.41, 5.74) is 0.563. The fourth-order valence-corrected chi connectivity index (χ4v) is 2.10. The molecule has 1 heterocycles. The van der Waals surface area contributed by atoms with Gasteiger partial charge in [0, 0.05) is 23.7 Å². The summed E-state index contributed by atoms with van der Waals surface area (Å²) in [6.45, 7) is 1.67. The van der Waals surface area contributed by atoms with Gasteiger partial charge in [-0.1, -0.05) is 0 Å². The van der Waals surface area contributed by atoms with E-state index in [9.17, 15) is 14.9 Å². The average Bonchev–Trinajstić information content (AvgIpc) is 3.34. The number of carbonyl (C=O) groups is 1. The van der Waals surface area contributed by atoms with Gasteiger partial charge in [0.25, 0.3) is 5.69 Å². The molecule has 1 aliphatic rings. The number of nitrogens with one attached hydrogen (secondary N) is 1. The Morgan fingerprint density at radius 3 is 2.74 bits per heavy atom. The number of benzene rings is 1. The Kier molecular flexibility index (Phi) is 3.92. The second-order valence-electron chi connectivity index (χ2n) is 5.45. The Hall–Kier alpha value is -2.96. The standard InChI is InChI=1S/C16H15N3O4/c1-10-2-5-12(8-14(10)19(21)22)23-13-6-7-17-15(9-13)18-16(20)11-3-4-11/h2,5-9,11H,3-4H2,1H3,(H,17,18,20). The number of nitro benzene ring substituents is 1. The van der Waals surface area contributed by atoms with Crippen molar-refractivity contribution in [2.24, 2.45) is 5.92 Å². The highest BCUT2D eigenvalue weighted by Gasteiger charge is 2.29. The number of anilines is 1. The summed E-state index contributed by atoms with van der Waals surface area (Å²) in [7, 11) is 0. The van der Waals surface area contributed by atoms with Gasteiger partial charge in [-0.05, 0) is 38.0 Å². The van der Waals surface area contributed by atoms with Gasteiger partial charge in [0.1, 0.15) is 17.3 Å². The molecule has 23 heavy (non-hydrogen) atoms. The van der Waals surface area contributed by atoms with Crippen LogP contribution in [0.15, 0.2) is 36.5 Å². The number of aromatic nitrogens is 1. The first-order valence-corrected chi connectivity index (χ1v) is 7.23. The molecule has 0 bridgehead atoms. The van der Waals surface area contributed by atoms with Crippen LogP contribution in [-0.2, 0) is 4.79 Å². The minimum atomic E-state index is -0.448. The molecule has 7 nitrogen and oxygen atoms in total. The maximum atomic E-state index is 11.7. The monoisotopic (exact) mass is 313 g/mol. The van der Waals surface area contributed by atoms with Crippen LogP contribution < -0.4 is 10.1 Å². The van der Waals surface area contributed by atoms with Gasteiger partial charge in [0.2, 0.25) is 5.91 Å². The van der Waals surface area contributed by atoms with E-state index < -0.39 is 4.92 Å². The van der Waals surface area contributed by atoms with Gasteiger partial charge >= 0.3 is 0 Å². The molecule has 1 saturated carbocycles. The van der Waals surface area contributed by atoms with Crippen molar-refractivity contribution in [1.82, 2.24) is 4.98 Å². The smallest absolute Gasteiger partial charge is 0.276 e. The second kappa shape index (κ2) is 6.04. The van der Waals surface area contributed by atoms with Gasteiger partial charge in [-0.15, -0.1) is 0 Å². The van der Waals surface area contributed by atoms with Crippen LogP contribution >= 0.6 is 0 Å². The molecule has 1 amide bonds. The number of nitro groups is 1. The lowest BCUT2D eigenvalue weighted by Gasteiger charge is -2.08. The zero-order chi connectivity index (χ0) is 16.4. The zero-order valence-corrected chi connectivity index (χ0v) is 12.5. The molecule has 3 rings (SSSR count). The van der Waals surface area contributed by atoms with E-state index in [2.05, 4.69) is 10.3 Å². The molecule has 0 atom stereocenters. The Balaban J connectivity index is 1.76. The fourth-order valence-electron chi connectivity index (χ4n) is 2.10. The summed E-state index contributed by atoms with van der Waals surface area (Å²) < 4.78 is 5.63. The molecule has 0 aliphatic heterocycles. The summed E-state index contributed by atoms with van der Waals surface area (Å²) in [4.78, 5) is 26.3. The number of carbonyl (C=O) groups excluding carboxylic acids is 1. The number of hydrogen-bond acceptors (Lipinski definition) is 5. The van der Waals surface area contributed by atoms with Crippen LogP contribution in [-0.4, -0.2) is 15.8 Å². The van der Waals surface area contributed by atoms with Crippen LogP contribution in [0.1, 0.15) is 18.4 Å². The Bertz CT molecular complexity index is 772. The minimum absolute atomic E-state index is 0.00110. The molecule has 2 aromatic rings. The van der Waals surface area contributed by atoms with Crippen molar-refractivity contribution in [1.29, 1.82) is 0 Å². The summed E-state index contributed by atoms with van der Waals surface area (Å²) in [5, 5.41) is 13.7. The Morgan fingerprint density at radius 1 is 1.30 bits per heavy atom. The summed E-state index contributed by atoms with van der Waals surface area (Å²) in [6, 6.07) is 7.87. The van der Waals surface area contributed by atoms with Crippen molar-refractivity contribution in [2.45, 2.75) is 19.8 Å². The lowest BCUT2D eigenvalue weighted by molar-refractivity contribution is -0.385. The Labute approximate surface area is 132 Å². The fraction of sp³-hybridized carbons (Fsp3) is 0.250. The maximum absolute atomic E-state index is 11.7. The summed E-state index contributed by atoms with van der Waals surface area (Å²) >= 11 is 0. The summed E-state index contributed by atoms with van der Waals surface area (Å²) in [6.07, 6.45) is 3.34. The van der Waals surface area contributed by atoms with Gasteiger partial charge in [-0.3, -0.25) is 14.9 Å². The highest BCUT2D eigenvalue weighted by atomic mass is 16.6. The average molecular weight is 313 g/mol. The summed E-state index contributed by atoms with van der Waals surface area (Å²) in [5.74, 6) is 1.25. The van der Waals surface area contributed by atoms with E-state index in [4.69, 9.17) is 4.74 Å². The van der Waals surface area contributed by atoms with Crippen molar-refractivity contribution in [3.05, 3.63) is 52.2 Å². The number of amides is 1. The van der Waals surface area contributed by atoms with Gasteiger partial charge < -0.3 is 10.1 Å². The van der Waals surface area contributed by atoms with E-state index in [0.29, 0.717) is 22.9 Å². The molecule has 1 fully saturated rings. The zero-order valence-electron chi connectivity index (χ0n) is 12.5. The van der Waals surface area contributed by atoms with Crippen molar-refractivity contribution >= 4 is 17.4 Å². The van der Waals surface area contributed by atoms with Gasteiger partial charge in [0.15, 0.2) is 0 Å². The van der Waals surface area contributed by atoms with Crippen LogP contribution in [0.25, 0.3) is 0 Å². The minimum Gasteiger partial charge on any atom is -0.457 e. The predicted octanol–water partition coefficient (Wildman–Crippen LogP) is 3.44. The molecule has 0 radical (unpaired) electrons. The number of nitrogens with zero attached hydrogens (tertiary/aromatic N) is 2. The van der Waals surface area contributed by atoms with Crippen LogP contribution in [0.2, 0.25) is 0 Å².